The zero-order chi connectivity index (χ0) is 20.5. The van der Waals surface area contributed by atoms with Crippen molar-refractivity contribution in [3.8, 4) is 17.0 Å². The first kappa shape index (κ1) is 19.9. The summed E-state index contributed by atoms with van der Waals surface area (Å²) in [6, 6.07) is 15.4. The highest BCUT2D eigenvalue weighted by atomic mass is 79.9. The molecule has 0 spiro atoms. The molecule has 0 aliphatic carbocycles. The van der Waals surface area contributed by atoms with E-state index in [1.807, 2.05) is 67.3 Å². The van der Waals surface area contributed by atoms with E-state index in [0.717, 1.165) is 32.4 Å². The number of carbonyl (C=O) groups is 1. The third kappa shape index (κ3) is 4.14. The number of halogens is 1. The number of pyridine rings is 1. The van der Waals surface area contributed by atoms with Gasteiger partial charge < -0.3 is 14.4 Å². The second-order valence-electron chi connectivity index (χ2n) is 7.41. The number of carbonyl (C=O) groups excluding carboxylic acids is 1. The van der Waals surface area contributed by atoms with Crippen LogP contribution in [0.2, 0.25) is 0 Å². The fraction of sp³-hybridized carbons (Fsp3) is 0.304. The Balaban J connectivity index is 1.82. The molecule has 1 aliphatic heterocycles. The Bertz CT molecular complexity index is 1040. The number of nitrogens with zero attached hydrogens (tertiary/aromatic N) is 2. The van der Waals surface area contributed by atoms with Crippen LogP contribution in [0.5, 0.6) is 5.75 Å². The molecule has 150 valence electrons. The summed E-state index contributed by atoms with van der Waals surface area (Å²) in [6.45, 7) is 5.16. The molecule has 2 aromatic carbocycles. The summed E-state index contributed by atoms with van der Waals surface area (Å²) in [5.41, 5.74) is 3.15. The van der Waals surface area contributed by atoms with Crippen molar-refractivity contribution in [2.75, 3.05) is 20.2 Å². The molecular weight excluding hydrogens is 432 g/mol. The summed E-state index contributed by atoms with van der Waals surface area (Å²) in [5, 5.41) is 0.841. The standard InChI is InChI=1S/C23H23BrN2O3/c1-14-12-26(13-15(2)29-14)23(27)20-11-22(16-4-7-18(28-3)8-5-16)25-21-9-6-17(24)10-19(20)21/h4-11,14-15H,12-13H2,1-3H3/t14-,15+. The van der Waals surface area contributed by atoms with Crippen LogP contribution in [0.25, 0.3) is 22.2 Å². The molecule has 1 aliphatic rings. The monoisotopic (exact) mass is 454 g/mol. The Morgan fingerprint density at radius 3 is 2.45 bits per heavy atom. The second-order valence-corrected chi connectivity index (χ2v) is 8.33. The molecule has 29 heavy (non-hydrogen) atoms. The highest BCUT2D eigenvalue weighted by Crippen LogP contribution is 2.29. The van der Waals surface area contributed by atoms with Crippen LogP contribution in [-0.2, 0) is 4.74 Å². The Labute approximate surface area is 178 Å². The van der Waals surface area contributed by atoms with Gasteiger partial charge in [0.2, 0.25) is 0 Å². The van der Waals surface area contributed by atoms with Gasteiger partial charge in [0.25, 0.3) is 5.91 Å². The zero-order valence-electron chi connectivity index (χ0n) is 16.7. The van der Waals surface area contributed by atoms with E-state index in [2.05, 4.69) is 15.9 Å². The van der Waals surface area contributed by atoms with Crippen LogP contribution in [-0.4, -0.2) is 48.2 Å². The maximum absolute atomic E-state index is 13.5. The molecule has 0 saturated carbocycles. The summed E-state index contributed by atoms with van der Waals surface area (Å²) >= 11 is 3.52. The number of morpholine rings is 1. The van der Waals surface area contributed by atoms with Gasteiger partial charge in [0.15, 0.2) is 0 Å². The minimum atomic E-state index is 0.00672. The number of rotatable bonds is 3. The summed E-state index contributed by atoms with van der Waals surface area (Å²) < 4.78 is 12.0. The summed E-state index contributed by atoms with van der Waals surface area (Å²) in [7, 11) is 1.64. The van der Waals surface area contributed by atoms with Crippen molar-refractivity contribution in [3.05, 3.63) is 58.6 Å². The van der Waals surface area contributed by atoms with Gasteiger partial charge in [0.1, 0.15) is 5.75 Å². The van der Waals surface area contributed by atoms with Crippen molar-refractivity contribution >= 4 is 32.7 Å². The first-order chi connectivity index (χ1) is 13.9. The van der Waals surface area contributed by atoms with E-state index < -0.39 is 0 Å². The van der Waals surface area contributed by atoms with Crippen LogP contribution in [0.15, 0.2) is 53.0 Å². The third-order valence-electron chi connectivity index (χ3n) is 5.09. The number of hydrogen-bond donors (Lipinski definition) is 0. The molecule has 5 nitrogen and oxygen atoms in total. The first-order valence-corrected chi connectivity index (χ1v) is 10.4. The highest BCUT2D eigenvalue weighted by molar-refractivity contribution is 9.10. The molecule has 0 unspecified atom stereocenters. The van der Waals surface area contributed by atoms with Crippen molar-refractivity contribution in [1.82, 2.24) is 9.88 Å². The molecule has 1 aromatic heterocycles. The maximum Gasteiger partial charge on any atom is 0.254 e. The first-order valence-electron chi connectivity index (χ1n) is 9.64. The van der Waals surface area contributed by atoms with E-state index >= 15 is 0 Å². The molecule has 4 rings (SSSR count). The minimum absolute atomic E-state index is 0.00672. The van der Waals surface area contributed by atoms with Crippen LogP contribution in [0, 0.1) is 0 Å². The number of hydrogen-bond acceptors (Lipinski definition) is 4. The quantitative estimate of drug-likeness (QED) is 0.563. The van der Waals surface area contributed by atoms with Gasteiger partial charge in [-0.3, -0.25) is 4.79 Å². The Hall–Kier alpha value is -2.44. The zero-order valence-corrected chi connectivity index (χ0v) is 18.3. The topological polar surface area (TPSA) is 51.7 Å². The van der Waals surface area contributed by atoms with Crippen molar-refractivity contribution in [2.45, 2.75) is 26.1 Å². The van der Waals surface area contributed by atoms with E-state index in [-0.39, 0.29) is 18.1 Å². The Morgan fingerprint density at radius 2 is 1.79 bits per heavy atom. The van der Waals surface area contributed by atoms with Crippen LogP contribution in [0.3, 0.4) is 0 Å². The van der Waals surface area contributed by atoms with Gasteiger partial charge in [-0.25, -0.2) is 4.98 Å². The van der Waals surface area contributed by atoms with E-state index in [4.69, 9.17) is 14.5 Å². The smallest absolute Gasteiger partial charge is 0.254 e. The Kier molecular flexibility index (Phi) is 5.56. The van der Waals surface area contributed by atoms with Crippen molar-refractivity contribution in [1.29, 1.82) is 0 Å². The van der Waals surface area contributed by atoms with Gasteiger partial charge in [-0.2, -0.15) is 0 Å². The van der Waals surface area contributed by atoms with Crippen LogP contribution < -0.4 is 4.74 Å². The van der Waals surface area contributed by atoms with Gasteiger partial charge in [-0.1, -0.05) is 15.9 Å². The van der Waals surface area contributed by atoms with Gasteiger partial charge in [-0.15, -0.1) is 0 Å². The fourth-order valence-corrected chi connectivity index (χ4v) is 4.16. The minimum Gasteiger partial charge on any atom is -0.497 e. The number of aromatic nitrogens is 1. The van der Waals surface area contributed by atoms with Crippen molar-refractivity contribution in [3.63, 3.8) is 0 Å². The third-order valence-corrected chi connectivity index (χ3v) is 5.59. The number of ether oxygens (including phenoxy) is 2. The van der Waals surface area contributed by atoms with Crippen LogP contribution in [0.4, 0.5) is 0 Å². The molecule has 1 saturated heterocycles. The Morgan fingerprint density at radius 1 is 1.10 bits per heavy atom. The van der Waals surface area contributed by atoms with Crippen LogP contribution in [0.1, 0.15) is 24.2 Å². The molecule has 0 bridgehead atoms. The summed E-state index contributed by atoms with van der Waals surface area (Å²) in [4.78, 5) is 20.2. The SMILES string of the molecule is COc1ccc(-c2cc(C(=O)N3C[C@@H](C)O[C@@H](C)C3)c3cc(Br)ccc3n2)cc1. The lowest BCUT2D eigenvalue weighted by molar-refractivity contribution is -0.0585. The highest BCUT2D eigenvalue weighted by Gasteiger charge is 2.28. The van der Waals surface area contributed by atoms with E-state index in [1.54, 1.807) is 7.11 Å². The lowest BCUT2D eigenvalue weighted by Crippen LogP contribution is -2.48. The van der Waals surface area contributed by atoms with Gasteiger partial charge in [0, 0.05) is 28.5 Å². The molecular formula is C23H23BrN2O3. The molecule has 3 aromatic rings. The van der Waals surface area contributed by atoms with Gasteiger partial charge in [-0.05, 0) is 62.4 Å². The molecule has 0 N–H and O–H groups in total. The molecule has 1 amide bonds. The summed E-state index contributed by atoms with van der Waals surface area (Å²) in [5.74, 6) is 0.790. The fourth-order valence-electron chi connectivity index (χ4n) is 3.80. The van der Waals surface area contributed by atoms with Gasteiger partial charge in [0.05, 0.1) is 36.1 Å². The number of methoxy groups -OCH3 is 1. The maximum atomic E-state index is 13.5. The predicted molar refractivity (Wildman–Crippen MR) is 117 cm³/mol. The van der Waals surface area contributed by atoms with E-state index in [1.165, 1.54) is 0 Å². The number of benzene rings is 2. The van der Waals surface area contributed by atoms with E-state index in [0.29, 0.717) is 18.7 Å². The molecule has 2 atom stereocenters. The molecule has 0 radical (unpaired) electrons. The average Bonchev–Trinajstić information content (AvgIpc) is 2.72. The molecule has 6 heteroatoms. The number of amides is 1. The van der Waals surface area contributed by atoms with Crippen molar-refractivity contribution in [2.24, 2.45) is 0 Å². The average molecular weight is 455 g/mol. The second kappa shape index (κ2) is 8.13. The van der Waals surface area contributed by atoms with Crippen molar-refractivity contribution < 1.29 is 14.3 Å². The lowest BCUT2D eigenvalue weighted by Gasteiger charge is -2.35. The lowest BCUT2D eigenvalue weighted by atomic mass is 10.0. The number of fused-ring (bicyclic) bond motifs is 1. The molecule has 1 fully saturated rings. The largest absolute Gasteiger partial charge is 0.497 e. The normalized spacial score (nSPS) is 19.4. The molecule has 2 heterocycles. The van der Waals surface area contributed by atoms with Crippen LogP contribution >= 0.6 is 15.9 Å². The summed E-state index contributed by atoms with van der Waals surface area (Å²) in [6.07, 6.45) is 0.0344. The van der Waals surface area contributed by atoms with E-state index in [9.17, 15) is 4.79 Å². The van der Waals surface area contributed by atoms with Gasteiger partial charge >= 0.3 is 0 Å². The predicted octanol–water partition coefficient (Wildman–Crippen LogP) is 4.92.